The first-order chi connectivity index (χ1) is 11.9. The highest BCUT2D eigenvalue weighted by Gasteiger charge is 2.11. The largest absolute Gasteiger partial charge is 0.444 e. The first-order valence-corrected chi connectivity index (χ1v) is 8.73. The molecule has 1 aromatic heterocycles. The highest BCUT2D eigenvalue weighted by molar-refractivity contribution is 9.10. The molecule has 0 saturated heterocycles. The second kappa shape index (κ2) is 9.39. The molecule has 0 saturated carbocycles. The van der Waals surface area contributed by atoms with Gasteiger partial charge in [-0.05, 0) is 53.0 Å². The molecule has 0 atom stereocenters. The Bertz CT molecular complexity index is 710. The number of amides is 2. The summed E-state index contributed by atoms with van der Waals surface area (Å²) in [7, 11) is 0. The third-order valence-corrected chi connectivity index (χ3v) is 3.73. The van der Waals surface area contributed by atoms with Crippen LogP contribution in [0.4, 0.5) is 0 Å². The fourth-order valence-electron chi connectivity index (χ4n) is 1.96. The minimum atomic E-state index is -0.435. The highest BCUT2D eigenvalue weighted by atomic mass is 79.9. The van der Waals surface area contributed by atoms with E-state index in [1.807, 2.05) is 38.1 Å². The van der Waals surface area contributed by atoms with Crippen molar-refractivity contribution >= 4 is 27.7 Å². The molecular weight excluding hydrogens is 388 g/mol. The maximum Gasteiger partial charge on any atom is 0.287 e. The van der Waals surface area contributed by atoms with Gasteiger partial charge in [0, 0.05) is 6.54 Å². The van der Waals surface area contributed by atoms with Crippen molar-refractivity contribution in [2.24, 2.45) is 0 Å². The van der Waals surface area contributed by atoms with E-state index in [-0.39, 0.29) is 24.3 Å². The van der Waals surface area contributed by atoms with Gasteiger partial charge in [-0.1, -0.05) is 24.3 Å². The van der Waals surface area contributed by atoms with Crippen LogP contribution >= 0.6 is 15.9 Å². The van der Waals surface area contributed by atoms with Gasteiger partial charge >= 0.3 is 0 Å². The monoisotopic (exact) mass is 408 g/mol. The molecule has 1 heterocycles. The first kappa shape index (κ1) is 19.2. The molecule has 134 valence electrons. The second-order valence-corrected chi connectivity index (χ2v) is 6.52. The van der Waals surface area contributed by atoms with Crippen LogP contribution in [0.3, 0.4) is 0 Å². The minimum absolute atomic E-state index is 0.114. The smallest absolute Gasteiger partial charge is 0.287 e. The van der Waals surface area contributed by atoms with Crippen LogP contribution in [-0.2, 0) is 22.7 Å². The summed E-state index contributed by atoms with van der Waals surface area (Å²) < 4.78 is 11.1. The number of halogens is 1. The SMILES string of the molecule is CC(C)OCc1ccc(CNC(=O)CNC(=O)c2ccc(Br)o2)cc1. The lowest BCUT2D eigenvalue weighted by Crippen LogP contribution is -2.36. The van der Waals surface area contributed by atoms with Crippen LogP contribution in [0.15, 0.2) is 45.5 Å². The van der Waals surface area contributed by atoms with Crippen molar-refractivity contribution in [3.8, 4) is 0 Å². The van der Waals surface area contributed by atoms with Crippen LogP contribution in [0.1, 0.15) is 35.5 Å². The summed E-state index contributed by atoms with van der Waals surface area (Å²) >= 11 is 3.12. The lowest BCUT2D eigenvalue weighted by atomic mass is 10.1. The first-order valence-electron chi connectivity index (χ1n) is 7.93. The van der Waals surface area contributed by atoms with E-state index >= 15 is 0 Å². The Morgan fingerprint density at radius 1 is 1.08 bits per heavy atom. The van der Waals surface area contributed by atoms with Gasteiger partial charge in [0.25, 0.3) is 5.91 Å². The maximum absolute atomic E-state index is 11.8. The molecule has 0 aliphatic carbocycles. The van der Waals surface area contributed by atoms with Crippen LogP contribution < -0.4 is 10.6 Å². The van der Waals surface area contributed by atoms with E-state index in [1.54, 1.807) is 6.07 Å². The van der Waals surface area contributed by atoms with Crippen molar-refractivity contribution < 1.29 is 18.7 Å². The zero-order valence-electron chi connectivity index (χ0n) is 14.2. The van der Waals surface area contributed by atoms with Gasteiger partial charge in [-0.2, -0.15) is 0 Å². The summed E-state index contributed by atoms with van der Waals surface area (Å²) in [5, 5.41) is 5.26. The highest BCUT2D eigenvalue weighted by Crippen LogP contribution is 2.13. The predicted molar refractivity (Wildman–Crippen MR) is 97.0 cm³/mol. The molecular formula is C18H21BrN2O4. The summed E-state index contributed by atoms with van der Waals surface area (Å²) in [5.74, 6) is -0.555. The van der Waals surface area contributed by atoms with E-state index < -0.39 is 5.91 Å². The molecule has 0 bridgehead atoms. The molecule has 1 aromatic carbocycles. The molecule has 2 aromatic rings. The van der Waals surface area contributed by atoms with Gasteiger partial charge in [0.15, 0.2) is 10.4 Å². The van der Waals surface area contributed by atoms with E-state index in [1.165, 1.54) is 6.07 Å². The number of benzene rings is 1. The number of nitrogens with one attached hydrogen (secondary N) is 2. The lowest BCUT2D eigenvalue weighted by molar-refractivity contribution is -0.120. The van der Waals surface area contributed by atoms with Crippen LogP contribution in [0.5, 0.6) is 0 Å². The third kappa shape index (κ3) is 6.72. The summed E-state index contributed by atoms with van der Waals surface area (Å²) in [5.41, 5.74) is 2.06. The number of carbonyl (C=O) groups is 2. The summed E-state index contributed by atoms with van der Waals surface area (Å²) in [4.78, 5) is 23.6. The Morgan fingerprint density at radius 2 is 1.76 bits per heavy atom. The number of ether oxygens (including phenoxy) is 1. The second-order valence-electron chi connectivity index (χ2n) is 5.74. The summed E-state index contributed by atoms with van der Waals surface area (Å²) in [6, 6.07) is 11.0. The predicted octanol–water partition coefficient (Wildman–Crippen LogP) is 3.01. The van der Waals surface area contributed by atoms with E-state index in [0.717, 1.165) is 11.1 Å². The number of hydrogen-bond donors (Lipinski definition) is 2. The van der Waals surface area contributed by atoms with Crippen molar-refractivity contribution in [3.63, 3.8) is 0 Å². The zero-order chi connectivity index (χ0) is 18.2. The number of furan rings is 1. The molecule has 2 rings (SSSR count). The molecule has 6 nitrogen and oxygen atoms in total. The van der Waals surface area contributed by atoms with E-state index in [0.29, 0.717) is 17.8 Å². The van der Waals surface area contributed by atoms with Crippen molar-refractivity contribution in [1.29, 1.82) is 0 Å². The maximum atomic E-state index is 11.8. The molecule has 0 unspecified atom stereocenters. The quantitative estimate of drug-likeness (QED) is 0.703. The Kier molecular flexibility index (Phi) is 7.21. The van der Waals surface area contributed by atoms with Gasteiger partial charge in [0.05, 0.1) is 19.3 Å². The Balaban J connectivity index is 1.71. The van der Waals surface area contributed by atoms with E-state index in [2.05, 4.69) is 26.6 Å². The molecule has 0 aliphatic heterocycles. The van der Waals surface area contributed by atoms with E-state index in [4.69, 9.17) is 9.15 Å². The molecule has 25 heavy (non-hydrogen) atoms. The van der Waals surface area contributed by atoms with Gasteiger partial charge in [-0.3, -0.25) is 9.59 Å². The average Bonchev–Trinajstić information content (AvgIpc) is 3.03. The number of hydrogen-bond acceptors (Lipinski definition) is 4. The molecule has 0 radical (unpaired) electrons. The molecule has 2 N–H and O–H groups in total. The fraction of sp³-hybridized carbons (Fsp3) is 0.333. The summed E-state index contributed by atoms with van der Waals surface area (Å²) in [6.07, 6.45) is 0.191. The zero-order valence-corrected chi connectivity index (χ0v) is 15.8. The lowest BCUT2D eigenvalue weighted by Gasteiger charge is -2.09. The Hall–Kier alpha value is -2.12. The minimum Gasteiger partial charge on any atom is -0.444 e. The normalized spacial score (nSPS) is 10.7. The van der Waals surface area contributed by atoms with Crippen LogP contribution in [0, 0.1) is 0 Å². The van der Waals surface area contributed by atoms with Crippen molar-refractivity contribution in [1.82, 2.24) is 10.6 Å². The van der Waals surface area contributed by atoms with Crippen LogP contribution in [-0.4, -0.2) is 24.5 Å². The topological polar surface area (TPSA) is 80.6 Å². The van der Waals surface area contributed by atoms with Crippen molar-refractivity contribution in [3.05, 3.63) is 58.0 Å². The fourth-order valence-corrected chi connectivity index (χ4v) is 2.27. The molecule has 7 heteroatoms. The third-order valence-electron chi connectivity index (χ3n) is 3.30. The summed E-state index contributed by atoms with van der Waals surface area (Å²) in [6.45, 7) is 4.84. The molecule has 0 aliphatic rings. The Labute approximate surface area is 155 Å². The van der Waals surface area contributed by atoms with Crippen LogP contribution in [0.25, 0.3) is 0 Å². The standard InChI is InChI=1S/C18H21BrN2O4/c1-12(2)24-11-14-5-3-13(4-6-14)9-20-17(22)10-21-18(23)15-7-8-16(19)25-15/h3-8,12H,9-11H2,1-2H3,(H,20,22)(H,21,23). The molecule has 2 amide bonds. The van der Waals surface area contributed by atoms with Gasteiger partial charge in [-0.25, -0.2) is 0 Å². The van der Waals surface area contributed by atoms with E-state index in [9.17, 15) is 9.59 Å². The van der Waals surface area contributed by atoms with Crippen molar-refractivity contribution in [2.75, 3.05) is 6.54 Å². The van der Waals surface area contributed by atoms with Gasteiger partial charge in [-0.15, -0.1) is 0 Å². The van der Waals surface area contributed by atoms with Gasteiger partial charge in [0.1, 0.15) is 0 Å². The van der Waals surface area contributed by atoms with Crippen molar-refractivity contribution in [2.45, 2.75) is 33.1 Å². The number of carbonyl (C=O) groups excluding carboxylic acids is 2. The number of rotatable bonds is 8. The Morgan fingerprint density at radius 3 is 2.36 bits per heavy atom. The molecule has 0 fully saturated rings. The van der Waals surface area contributed by atoms with Gasteiger partial charge < -0.3 is 19.8 Å². The average molecular weight is 409 g/mol. The molecule has 0 spiro atoms. The van der Waals surface area contributed by atoms with Crippen LogP contribution in [0.2, 0.25) is 0 Å². The van der Waals surface area contributed by atoms with Gasteiger partial charge in [0.2, 0.25) is 5.91 Å².